The van der Waals surface area contributed by atoms with E-state index in [0.29, 0.717) is 35.6 Å². The molecule has 138 valence electrons. The zero-order valence-electron chi connectivity index (χ0n) is 15.0. The highest BCUT2D eigenvalue weighted by Crippen LogP contribution is 2.39. The normalized spacial score (nSPS) is 25.6. The number of carboxylic acid groups (broad SMARTS) is 1. The van der Waals surface area contributed by atoms with Crippen molar-refractivity contribution in [3.63, 3.8) is 0 Å². The molecule has 2 aliphatic rings. The van der Waals surface area contributed by atoms with Crippen molar-refractivity contribution in [3.8, 4) is 0 Å². The number of carbonyl (C=O) groups excluding carboxylic acids is 1. The van der Waals surface area contributed by atoms with Crippen molar-refractivity contribution in [1.82, 2.24) is 9.97 Å². The Morgan fingerprint density at radius 2 is 2.00 bits per heavy atom. The van der Waals surface area contributed by atoms with Gasteiger partial charge in [0.15, 0.2) is 0 Å². The summed E-state index contributed by atoms with van der Waals surface area (Å²) in [5, 5.41) is 8.93. The fourth-order valence-electron chi connectivity index (χ4n) is 4.07. The zero-order chi connectivity index (χ0) is 18.7. The topological polar surface area (TPSA) is 106 Å². The van der Waals surface area contributed by atoms with Gasteiger partial charge in [-0.15, -0.1) is 0 Å². The Bertz CT molecular complexity index is 762. The highest BCUT2D eigenvalue weighted by atomic mass is 16.4. The van der Waals surface area contributed by atoms with E-state index in [1.807, 2.05) is 0 Å². The average molecular weight is 355 g/mol. The second-order valence-corrected chi connectivity index (χ2v) is 7.35. The zero-order valence-corrected chi connectivity index (χ0v) is 15.0. The number of aromatic nitrogens is 2. The lowest BCUT2D eigenvalue weighted by Gasteiger charge is -2.32. The molecule has 3 rings (SSSR count). The molecule has 2 aliphatic carbocycles. The maximum absolute atomic E-state index is 11.5. The molecule has 0 bridgehead atoms. The van der Waals surface area contributed by atoms with Gasteiger partial charge in [-0.25, -0.2) is 4.98 Å². The molecular weight excluding hydrogens is 330 g/mol. The summed E-state index contributed by atoms with van der Waals surface area (Å²) < 4.78 is 0. The third kappa shape index (κ3) is 4.18. The van der Waals surface area contributed by atoms with Crippen LogP contribution in [0.5, 0.6) is 0 Å². The lowest BCUT2D eigenvalue weighted by Crippen LogP contribution is -2.22. The quantitative estimate of drug-likeness (QED) is 0.844. The highest BCUT2D eigenvalue weighted by Gasteiger charge is 2.28. The minimum absolute atomic E-state index is 0.218. The van der Waals surface area contributed by atoms with E-state index in [-0.39, 0.29) is 5.69 Å². The number of nitrogens with two attached hydrogens (primary N) is 1. The van der Waals surface area contributed by atoms with Crippen LogP contribution in [0.25, 0.3) is 5.57 Å². The summed E-state index contributed by atoms with van der Waals surface area (Å²) in [6.07, 6.45) is 13.5. The number of rotatable bonds is 5. The molecule has 1 aromatic heterocycles. The number of aryl methyl sites for hydroxylation is 1. The molecule has 6 heteroatoms. The SMILES string of the molecule is Cc1ncc(C2=CC[C@@H](C3CCC(CC(=O)O)CC3)C=C2)nc1C(N)=O. The van der Waals surface area contributed by atoms with Crippen molar-refractivity contribution >= 4 is 17.4 Å². The van der Waals surface area contributed by atoms with Crippen LogP contribution in [0.4, 0.5) is 0 Å². The number of nitrogens with zero attached hydrogens (tertiary/aromatic N) is 2. The molecule has 1 atom stereocenters. The maximum atomic E-state index is 11.5. The van der Waals surface area contributed by atoms with Gasteiger partial charge in [-0.2, -0.15) is 0 Å². The van der Waals surface area contributed by atoms with Gasteiger partial charge in [-0.05, 0) is 62.4 Å². The van der Waals surface area contributed by atoms with E-state index >= 15 is 0 Å². The number of hydrogen-bond donors (Lipinski definition) is 2. The molecule has 0 unspecified atom stereocenters. The van der Waals surface area contributed by atoms with Crippen LogP contribution in [0.15, 0.2) is 24.4 Å². The number of allylic oxidation sites excluding steroid dienone is 4. The first-order valence-electron chi connectivity index (χ1n) is 9.18. The Labute approximate surface area is 153 Å². The number of aliphatic carboxylic acids is 1. The molecule has 0 saturated heterocycles. The Hall–Kier alpha value is -2.50. The van der Waals surface area contributed by atoms with E-state index in [0.717, 1.165) is 37.7 Å². The highest BCUT2D eigenvalue weighted by molar-refractivity contribution is 5.92. The summed E-state index contributed by atoms with van der Waals surface area (Å²) in [5.41, 5.74) is 7.75. The molecule has 0 spiro atoms. The molecule has 3 N–H and O–H groups in total. The first kappa shape index (κ1) is 18.3. The van der Waals surface area contributed by atoms with E-state index < -0.39 is 11.9 Å². The fraction of sp³-hybridized carbons (Fsp3) is 0.500. The number of carbonyl (C=O) groups is 2. The monoisotopic (exact) mass is 355 g/mol. The summed E-state index contributed by atoms with van der Waals surface area (Å²) in [4.78, 5) is 30.9. The van der Waals surface area contributed by atoms with Gasteiger partial charge in [0.25, 0.3) is 5.91 Å². The van der Waals surface area contributed by atoms with Crippen molar-refractivity contribution in [1.29, 1.82) is 0 Å². The van der Waals surface area contributed by atoms with E-state index in [4.69, 9.17) is 10.8 Å². The minimum Gasteiger partial charge on any atom is -0.481 e. The molecule has 0 aromatic carbocycles. The predicted molar refractivity (Wildman–Crippen MR) is 98.2 cm³/mol. The Morgan fingerprint density at radius 1 is 1.27 bits per heavy atom. The van der Waals surface area contributed by atoms with Crippen LogP contribution in [0, 0.1) is 24.7 Å². The van der Waals surface area contributed by atoms with Gasteiger partial charge >= 0.3 is 5.97 Å². The van der Waals surface area contributed by atoms with Crippen molar-refractivity contribution < 1.29 is 14.7 Å². The summed E-state index contributed by atoms with van der Waals surface area (Å²) in [5.74, 6) is 0.178. The lowest BCUT2D eigenvalue weighted by atomic mass is 9.73. The van der Waals surface area contributed by atoms with Crippen molar-refractivity contribution in [2.45, 2.75) is 45.4 Å². The summed E-state index contributed by atoms with van der Waals surface area (Å²) in [6, 6.07) is 0. The van der Waals surface area contributed by atoms with Crippen LogP contribution in [0.1, 0.15) is 60.4 Å². The third-order valence-corrected chi connectivity index (χ3v) is 5.58. The Morgan fingerprint density at radius 3 is 2.58 bits per heavy atom. The molecule has 1 fully saturated rings. The van der Waals surface area contributed by atoms with Gasteiger partial charge in [-0.1, -0.05) is 18.2 Å². The number of hydrogen-bond acceptors (Lipinski definition) is 4. The van der Waals surface area contributed by atoms with Crippen molar-refractivity contribution in [2.75, 3.05) is 0 Å². The van der Waals surface area contributed by atoms with Gasteiger partial charge in [0, 0.05) is 6.42 Å². The summed E-state index contributed by atoms with van der Waals surface area (Å²) in [7, 11) is 0. The lowest BCUT2D eigenvalue weighted by molar-refractivity contribution is -0.138. The predicted octanol–water partition coefficient (Wildman–Crippen LogP) is 3.12. The maximum Gasteiger partial charge on any atom is 0.303 e. The standard InChI is InChI=1S/C20H25N3O3/c1-12-19(20(21)26)23-17(11-22-12)16-8-6-15(7-9-16)14-4-2-13(3-5-14)10-18(24)25/h6,8-9,11,13-15H,2-5,7,10H2,1H3,(H2,21,26)(H,24,25)/t13?,14?,15-/m0/s1. The van der Waals surface area contributed by atoms with Gasteiger partial charge < -0.3 is 10.8 Å². The summed E-state index contributed by atoms with van der Waals surface area (Å²) in [6.45, 7) is 1.72. The molecular formula is C20H25N3O3. The smallest absolute Gasteiger partial charge is 0.303 e. The van der Waals surface area contributed by atoms with Crippen molar-refractivity contribution in [3.05, 3.63) is 41.5 Å². The van der Waals surface area contributed by atoms with Crippen LogP contribution in [0.2, 0.25) is 0 Å². The fourth-order valence-corrected chi connectivity index (χ4v) is 4.07. The van der Waals surface area contributed by atoms with Crippen LogP contribution in [-0.4, -0.2) is 27.0 Å². The molecule has 1 amide bonds. The van der Waals surface area contributed by atoms with Gasteiger partial charge in [-0.3, -0.25) is 14.6 Å². The average Bonchev–Trinajstić information content (AvgIpc) is 2.62. The molecule has 26 heavy (non-hydrogen) atoms. The van der Waals surface area contributed by atoms with Crippen LogP contribution in [0.3, 0.4) is 0 Å². The second-order valence-electron chi connectivity index (χ2n) is 7.35. The Balaban J connectivity index is 1.61. The van der Waals surface area contributed by atoms with Gasteiger partial charge in [0.1, 0.15) is 5.69 Å². The largest absolute Gasteiger partial charge is 0.481 e. The van der Waals surface area contributed by atoms with Gasteiger partial charge in [0.2, 0.25) is 0 Å². The first-order valence-corrected chi connectivity index (χ1v) is 9.18. The van der Waals surface area contributed by atoms with Crippen molar-refractivity contribution in [2.24, 2.45) is 23.5 Å². The summed E-state index contributed by atoms with van der Waals surface area (Å²) >= 11 is 0. The molecule has 0 radical (unpaired) electrons. The van der Waals surface area contributed by atoms with E-state index in [1.54, 1.807) is 13.1 Å². The van der Waals surface area contributed by atoms with Crippen LogP contribution < -0.4 is 5.73 Å². The van der Waals surface area contributed by atoms with E-state index in [9.17, 15) is 9.59 Å². The molecule has 1 aromatic rings. The molecule has 1 saturated carbocycles. The van der Waals surface area contributed by atoms with Crippen LogP contribution in [-0.2, 0) is 4.79 Å². The second kappa shape index (κ2) is 7.81. The van der Waals surface area contributed by atoms with E-state index in [1.165, 1.54) is 0 Å². The number of primary amides is 1. The number of carboxylic acids is 1. The van der Waals surface area contributed by atoms with Crippen LogP contribution >= 0.6 is 0 Å². The minimum atomic E-state index is -0.687. The molecule has 1 heterocycles. The first-order chi connectivity index (χ1) is 12.4. The number of amides is 1. The molecule has 6 nitrogen and oxygen atoms in total. The molecule has 0 aliphatic heterocycles. The van der Waals surface area contributed by atoms with Gasteiger partial charge in [0.05, 0.1) is 17.6 Å². The van der Waals surface area contributed by atoms with E-state index in [2.05, 4.69) is 28.2 Å². The third-order valence-electron chi connectivity index (χ3n) is 5.58. The Kier molecular flexibility index (Phi) is 5.49.